The lowest BCUT2D eigenvalue weighted by Gasteiger charge is -2.07. The third kappa shape index (κ3) is 2.51. The molecular formula is C14H10ClFO2. The SMILES string of the molecule is Cc1cc(F)cc(-c2cc(C(=O)O)ccc2Cl)c1. The van der Waals surface area contributed by atoms with Gasteiger partial charge >= 0.3 is 5.97 Å². The van der Waals surface area contributed by atoms with Gasteiger partial charge in [-0.1, -0.05) is 17.7 Å². The van der Waals surface area contributed by atoms with Crippen LogP contribution in [0.3, 0.4) is 0 Å². The highest BCUT2D eigenvalue weighted by molar-refractivity contribution is 6.33. The summed E-state index contributed by atoms with van der Waals surface area (Å²) in [4.78, 5) is 10.9. The Morgan fingerprint density at radius 3 is 2.56 bits per heavy atom. The average molecular weight is 265 g/mol. The number of halogens is 2. The molecule has 0 spiro atoms. The summed E-state index contributed by atoms with van der Waals surface area (Å²) in [6, 6.07) is 8.86. The van der Waals surface area contributed by atoms with E-state index in [1.54, 1.807) is 13.0 Å². The first-order valence-electron chi connectivity index (χ1n) is 5.28. The van der Waals surface area contributed by atoms with Crippen LogP contribution in [0, 0.1) is 12.7 Å². The summed E-state index contributed by atoms with van der Waals surface area (Å²) in [6.07, 6.45) is 0. The van der Waals surface area contributed by atoms with E-state index >= 15 is 0 Å². The van der Waals surface area contributed by atoms with Crippen molar-refractivity contribution in [2.24, 2.45) is 0 Å². The number of carbonyl (C=O) groups is 1. The maximum Gasteiger partial charge on any atom is 0.335 e. The average Bonchev–Trinajstić information content (AvgIpc) is 2.27. The zero-order valence-corrected chi connectivity index (χ0v) is 10.3. The number of hydrogen-bond acceptors (Lipinski definition) is 1. The highest BCUT2D eigenvalue weighted by Crippen LogP contribution is 2.30. The van der Waals surface area contributed by atoms with Crippen molar-refractivity contribution in [1.82, 2.24) is 0 Å². The molecule has 0 aliphatic carbocycles. The first-order chi connectivity index (χ1) is 8.47. The Hall–Kier alpha value is -1.87. The van der Waals surface area contributed by atoms with Gasteiger partial charge in [0.05, 0.1) is 5.56 Å². The fraction of sp³-hybridized carbons (Fsp3) is 0.0714. The van der Waals surface area contributed by atoms with E-state index < -0.39 is 5.97 Å². The molecule has 0 saturated carbocycles. The van der Waals surface area contributed by atoms with Crippen molar-refractivity contribution in [3.63, 3.8) is 0 Å². The Bertz CT molecular complexity index is 603. The molecule has 0 aliphatic heterocycles. The van der Waals surface area contributed by atoms with Crippen LogP contribution in [0.25, 0.3) is 11.1 Å². The minimum Gasteiger partial charge on any atom is -0.478 e. The monoisotopic (exact) mass is 264 g/mol. The largest absolute Gasteiger partial charge is 0.478 e. The van der Waals surface area contributed by atoms with E-state index in [2.05, 4.69) is 0 Å². The number of hydrogen-bond donors (Lipinski definition) is 1. The first-order valence-corrected chi connectivity index (χ1v) is 5.65. The zero-order chi connectivity index (χ0) is 13.3. The number of benzene rings is 2. The number of aromatic carboxylic acids is 1. The molecule has 2 nitrogen and oxygen atoms in total. The Morgan fingerprint density at radius 1 is 1.22 bits per heavy atom. The second-order valence-electron chi connectivity index (χ2n) is 4.02. The van der Waals surface area contributed by atoms with Gasteiger partial charge in [-0.25, -0.2) is 9.18 Å². The molecule has 2 aromatic rings. The number of aryl methyl sites for hydroxylation is 1. The van der Waals surface area contributed by atoms with Crippen molar-refractivity contribution in [3.8, 4) is 11.1 Å². The smallest absolute Gasteiger partial charge is 0.335 e. The maximum atomic E-state index is 13.3. The van der Waals surface area contributed by atoms with Gasteiger partial charge in [-0.3, -0.25) is 0 Å². The minimum atomic E-state index is -1.04. The zero-order valence-electron chi connectivity index (χ0n) is 9.58. The van der Waals surface area contributed by atoms with Crippen molar-refractivity contribution in [3.05, 3.63) is 58.4 Å². The highest BCUT2D eigenvalue weighted by atomic mass is 35.5. The van der Waals surface area contributed by atoms with Crippen LogP contribution in [0.5, 0.6) is 0 Å². The van der Waals surface area contributed by atoms with Gasteiger partial charge in [0.15, 0.2) is 0 Å². The molecule has 0 unspecified atom stereocenters. The Morgan fingerprint density at radius 2 is 1.94 bits per heavy atom. The summed E-state index contributed by atoms with van der Waals surface area (Å²) in [5.74, 6) is -1.41. The quantitative estimate of drug-likeness (QED) is 0.885. The van der Waals surface area contributed by atoms with Crippen LogP contribution in [0.4, 0.5) is 4.39 Å². The van der Waals surface area contributed by atoms with Crippen molar-refractivity contribution in [2.45, 2.75) is 6.92 Å². The summed E-state index contributed by atoms with van der Waals surface area (Å²) >= 11 is 6.02. The molecule has 1 N–H and O–H groups in total. The fourth-order valence-electron chi connectivity index (χ4n) is 1.77. The van der Waals surface area contributed by atoms with Crippen LogP contribution in [0.1, 0.15) is 15.9 Å². The summed E-state index contributed by atoms with van der Waals surface area (Å²) in [7, 11) is 0. The standard InChI is InChI=1S/C14H10ClFO2/c1-8-4-10(6-11(16)5-8)12-7-9(14(17)18)2-3-13(12)15/h2-7H,1H3,(H,17,18). The summed E-state index contributed by atoms with van der Waals surface area (Å²) in [5, 5.41) is 9.33. The van der Waals surface area contributed by atoms with E-state index in [4.69, 9.17) is 16.7 Å². The van der Waals surface area contributed by atoms with E-state index in [1.165, 1.54) is 30.3 Å². The molecule has 0 fully saturated rings. The van der Waals surface area contributed by atoms with Crippen LogP contribution in [-0.4, -0.2) is 11.1 Å². The lowest BCUT2D eigenvalue weighted by molar-refractivity contribution is 0.0697. The van der Waals surface area contributed by atoms with E-state index in [9.17, 15) is 9.18 Å². The molecule has 4 heteroatoms. The molecule has 18 heavy (non-hydrogen) atoms. The summed E-state index contributed by atoms with van der Waals surface area (Å²) < 4.78 is 13.3. The van der Waals surface area contributed by atoms with Crippen molar-refractivity contribution < 1.29 is 14.3 Å². The second kappa shape index (κ2) is 4.78. The molecule has 0 amide bonds. The molecule has 2 aromatic carbocycles. The third-order valence-corrected chi connectivity index (χ3v) is 2.90. The normalized spacial score (nSPS) is 10.4. The van der Waals surface area contributed by atoms with Gasteiger partial charge in [-0.2, -0.15) is 0 Å². The number of carboxylic acids is 1. The molecule has 0 bridgehead atoms. The minimum absolute atomic E-state index is 0.122. The molecule has 0 atom stereocenters. The van der Waals surface area contributed by atoms with Gasteiger partial charge in [-0.05, 0) is 48.4 Å². The lowest BCUT2D eigenvalue weighted by atomic mass is 10.0. The van der Waals surface area contributed by atoms with Gasteiger partial charge in [0.1, 0.15) is 5.82 Å². The topological polar surface area (TPSA) is 37.3 Å². The van der Waals surface area contributed by atoms with Crippen LogP contribution in [0.15, 0.2) is 36.4 Å². The molecule has 0 aliphatic rings. The molecule has 0 aromatic heterocycles. The van der Waals surface area contributed by atoms with Gasteiger partial charge < -0.3 is 5.11 Å². The van der Waals surface area contributed by atoms with Crippen LogP contribution < -0.4 is 0 Å². The van der Waals surface area contributed by atoms with E-state index in [0.29, 0.717) is 16.1 Å². The predicted molar refractivity (Wildman–Crippen MR) is 68.5 cm³/mol. The number of rotatable bonds is 2. The van der Waals surface area contributed by atoms with Gasteiger partial charge in [0.25, 0.3) is 0 Å². The van der Waals surface area contributed by atoms with Crippen molar-refractivity contribution >= 4 is 17.6 Å². The Balaban J connectivity index is 2.62. The van der Waals surface area contributed by atoms with E-state index in [-0.39, 0.29) is 11.4 Å². The molecule has 0 heterocycles. The number of carboxylic acid groups (broad SMARTS) is 1. The molecule has 0 radical (unpaired) electrons. The predicted octanol–water partition coefficient (Wildman–Crippen LogP) is 4.15. The van der Waals surface area contributed by atoms with Crippen LogP contribution in [-0.2, 0) is 0 Å². The fourth-order valence-corrected chi connectivity index (χ4v) is 2.00. The van der Waals surface area contributed by atoms with Crippen LogP contribution >= 0.6 is 11.6 Å². The molecule has 92 valence electrons. The Kier molecular flexibility index (Phi) is 3.34. The lowest BCUT2D eigenvalue weighted by Crippen LogP contribution is -1.96. The molecule has 2 rings (SSSR count). The van der Waals surface area contributed by atoms with E-state index in [0.717, 1.165) is 5.56 Å². The summed E-state index contributed by atoms with van der Waals surface area (Å²) in [5.41, 5.74) is 1.96. The van der Waals surface area contributed by atoms with Gasteiger partial charge in [-0.15, -0.1) is 0 Å². The first kappa shape index (κ1) is 12.6. The molecule has 0 saturated heterocycles. The van der Waals surface area contributed by atoms with Crippen molar-refractivity contribution in [2.75, 3.05) is 0 Å². The van der Waals surface area contributed by atoms with Crippen LogP contribution in [0.2, 0.25) is 5.02 Å². The Labute approximate surface area is 109 Å². The second-order valence-corrected chi connectivity index (χ2v) is 4.42. The highest BCUT2D eigenvalue weighted by Gasteiger charge is 2.10. The third-order valence-electron chi connectivity index (χ3n) is 2.57. The van der Waals surface area contributed by atoms with Crippen molar-refractivity contribution in [1.29, 1.82) is 0 Å². The van der Waals surface area contributed by atoms with E-state index in [1.807, 2.05) is 0 Å². The van der Waals surface area contributed by atoms with Gasteiger partial charge in [0, 0.05) is 10.6 Å². The molecular weight excluding hydrogens is 255 g/mol. The van der Waals surface area contributed by atoms with Gasteiger partial charge in [0.2, 0.25) is 0 Å². The maximum absolute atomic E-state index is 13.3. The summed E-state index contributed by atoms with van der Waals surface area (Å²) in [6.45, 7) is 1.77.